The van der Waals surface area contributed by atoms with Gasteiger partial charge in [0.15, 0.2) is 12.2 Å². The van der Waals surface area contributed by atoms with E-state index in [1.165, 1.54) is 6.39 Å². The van der Waals surface area contributed by atoms with Crippen molar-refractivity contribution in [3.8, 4) is 5.82 Å². The molecule has 0 bridgehead atoms. The predicted octanol–water partition coefficient (Wildman–Crippen LogP) is 2.31. The van der Waals surface area contributed by atoms with Crippen LogP contribution in [0.4, 0.5) is 0 Å². The summed E-state index contributed by atoms with van der Waals surface area (Å²) in [5, 5.41) is 12.6. The largest absolute Gasteiger partial charge is 0.447 e. The van der Waals surface area contributed by atoms with Crippen LogP contribution in [0.3, 0.4) is 0 Å². The van der Waals surface area contributed by atoms with Crippen LogP contribution in [-0.2, 0) is 6.54 Å². The Morgan fingerprint density at radius 3 is 2.67 bits per heavy atom. The predicted molar refractivity (Wildman–Crippen MR) is 99.7 cm³/mol. The topological polar surface area (TPSA) is 90.8 Å². The van der Waals surface area contributed by atoms with E-state index in [0.717, 1.165) is 42.8 Å². The molecule has 1 aliphatic carbocycles. The molecule has 0 amide bonds. The van der Waals surface area contributed by atoms with Gasteiger partial charge < -0.3 is 9.73 Å². The molecule has 0 radical (unpaired) electrons. The monoisotopic (exact) mass is 368 g/mol. The van der Waals surface area contributed by atoms with Crippen molar-refractivity contribution in [1.82, 2.24) is 29.9 Å². The first-order chi connectivity index (χ1) is 13.1. The molecule has 0 unspecified atom stereocenters. The van der Waals surface area contributed by atoms with Crippen molar-refractivity contribution >= 4 is 0 Å². The number of hydrogen-bond acceptors (Lipinski definition) is 6. The van der Waals surface area contributed by atoms with E-state index in [2.05, 4.69) is 20.5 Å². The Balaban J connectivity index is 1.44. The van der Waals surface area contributed by atoms with Gasteiger partial charge >= 0.3 is 0 Å². The molecule has 0 aliphatic heterocycles. The normalized spacial score (nSPS) is 20.1. The van der Waals surface area contributed by atoms with Crippen LogP contribution in [-0.4, -0.2) is 30.6 Å². The molecule has 142 valence electrons. The molecule has 3 aromatic heterocycles. The van der Waals surface area contributed by atoms with E-state index in [0.29, 0.717) is 18.4 Å². The molecule has 8 nitrogen and oxygen atoms in total. The van der Waals surface area contributed by atoms with Gasteiger partial charge in [-0.1, -0.05) is 0 Å². The molecule has 3 heterocycles. The van der Waals surface area contributed by atoms with E-state index < -0.39 is 0 Å². The summed E-state index contributed by atoms with van der Waals surface area (Å²) < 4.78 is 8.68. The van der Waals surface area contributed by atoms with Gasteiger partial charge in [0.2, 0.25) is 0 Å². The van der Waals surface area contributed by atoms with E-state index in [-0.39, 0.29) is 11.6 Å². The van der Waals surface area contributed by atoms with Crippen LogP contribution < -0.4 is 10.9 Å². The fraction of sp³-hybridized carbons (Fsp3) is 0.474. The van der Waals surface area contributed by atoms with E-state index in [1.807, 2.05) is 19.9 Å². The highest BCUT2D eigenvalue weighted by molar-refractivity contribution is 5.24. The quantitative estimate of drug-likeness (QED) is 0.743. The van der Waals surface area contributed by atoms with Crippen molar-refractivity contribution in [3.63, 3.8) is 0 Å². The van der Waals surface area contributed by atoms with Gasteiger partial charge in [-0.15, -0.1) is 5.10 Å². The maximum absolute atomic E-state index is 12.4. The summed E-state index contributed by atoms with van der Waals surface area (Å²) in [4.78, 5) is 16.3. The Morgan fingerprint density at radius 1 is 1.19 bits per heavy atom. The average Bonchev–Trinajstić information content (AvgIpc) is 3.30. The Bertz CT molecular complexity index is 951. The van der Waals surface area contributed by atoms with E-state index in [9.17, 15) is 4.79 Å². The van der Waals surface area contributed by atoms with Crippen LogP contribution in [0.5, 0.6) is 0 Å². The highest BCUT2D eigenvalue weighted by Gasteiger charge is 2.24. The molecule has 0 spiro atoms. The number of nitrogens with zero attached hydrogens (tertiary/aromatic N) is 5. The second-order valence-corrected chi connectivity index (χ2v) is 7.17. The Labute approximate surface area is 157 Å². The second kappa shape index (κ2) is 7.48. The van der Waals surface area contributed by atoms with Crippen molar-refractivity contribution in [2.75, 3.05) is 0 Å². The SMILES string of the molecule is Cc1cc(C)n(-c2ccc(=O)n(C3CCC(NCc4cnco4)CC3)n2)n1. The van der Waals surface area contributed by atoms with Gasteiger partial charge in [0, 0.05) is 17.8 Å². The molecular formula is C19H24N6O2. The minimum atomic E-state index is -0.0571. The van der Waals surface area contributed by atoms with Gasteiger partial charge in [-0.25, -0.2) is 14.3 Å². The fourth-order valence-corrected chi connectivity index (χ4v) is 3.75. The second-order valence-electron chi connectivity index (χ2n) is 7.17. The molecule has 8 heteroatoms. The zero-order valence-corrected chi connectivity index (χ0v) is 15.6. The van der Waals surface area contributed by atoms with Gasteiger partial charge in [-0.3, -0.25) is 4.79 Å². The van der Waals surface area contributed by atoms with Crippen LogP contribution in [0.2, 0.25) is 0 Å². The molecule has 3 aromatic rings. The third kappa shape index (κ3) is 3.85. The summed E-state index contributed by atoms with van der Waals surface area (Å²) in [6.07, 6.45) is 7.01. The molecule has 1 aliphatic rings. The highest BCUT2D eigenvalue weighted by Crippen LogP contribution is 2.27. The highest BCUT2D eigenvalue weighted by atomic mass is 16.3. The summed E-state index contributed by atoms with van der Waals surface area (Å²) >= 11 is 0. The van der Waals surface area contributed by atoms with Gasteiger partial charge in [-0.2, -0.15) is 5.10 Å². The number of nitrogens with one attached hydrogen (secondary N) is 1. The van der Waals surface area contributed by atoms with Crippen molar-refractivity contribution in [1.29, 1.82) is 0 Å². The van der Waals surface area contributed by atoms with Crippen molar-refractivity contribution in [2.24, 2.45) is 0 Å². The van der Waals surface area contributed by atoms with Crippen molar-refractivity contribution in [3.05, 3.63) is 58.3 Å². The maximum atomic E-state index is 12.4. The Hall–Kier alpha value is -2.74. The summed E-state index contributed by atoms with van der Waals surface area (Å²) in [5.41, 5.74) is 1.88. The zero-order valence-electron chi connectivity index (χ0n) is 15.6. The van der Waals surface area contributed by atoms with Gasteiger partial charge in [0.1, 0.15) is 5.76 Å². The third-order valence-electron chi connectivity index (χ3n) is 5.13. The summed E-state index contributed by atoms with van der Waals surface area (Å²) in [5.74, 6) is 1.53. The first-order valence-electron chi connectivity index (χ1n) is 9.34. The molecular weight excluding hydrogens is 344 g/mol. The lowest BCUT2D eigenvalue weighted by atomic mass is 9.91. The number of aryl methyl sites for hydroxylation is 2. The maximum Gasteiger partial charge on any atom is 0.267 e. The van der Waals surface area contributed by atoms with Crippen molar-refractivity contribution in [2.45, 2.75) is 58.2 Å². The summed E-state index contributed by atoms with van der Waals surface area (Å²) in [6, 6.07) is 5.87. The first kappa shape index (κ1) is 17.7. The third-order valence-corrected chi connectivity index (χ3v) is 5.13. The summed E-state index contributed by atoms with van der Waals surface area (Å²) in [7, 11) is 0. The molecule has 1 saturated carbocycles. The van der Waals surface area contributed by atoms with E-state index in [1.54, 1.807) is 27.7 Å². The molecule has 4 rings (SSSR count). The van der Waals surface area contributed by atoms with Gasteiger partial charge in [0.25, 0.3) is 5.56 Å². The van der Waals surface area contributed by atoms with Crippen LogP contribution in [0.25, 0.3) is 5.82 Å². The van der Waals surface area contributed by atoms with Crippen LogP contribution in [0.1, 0.15) is 48.9 Å². The fourth-order valence-electron chi connectivity index (χ4n) is 3.75. The zero-order chi connectivity index (χ0) is 18.8. The van der Waals surface area contributed by atoms with Gasteiger partial charge in [0.05, 0.1) is 24.5 Å². The molecule has 0 saturated heterocycles. The minimum Gasteiger partial charge on any atom is -0.447 e. The van der Waals surface area contributed by atoms with Crippen LogP contribution >= 0.6 is 0 Å². The number of hydrogen-bond donors (Lipinski definition) is 1. The Morgan fingerprint density at radius 2 is 2.00 bits per heavy atom. The number of rotatable bonds is 5. The van der Waals surface area contributed by atoms with Gasteiger partial charge in [-0.05, 0) is 51.7 Å². The number of aromatic nitrogens is 5. The lowest BCUT2D eigenvalue weighted by Crippen LogP contribution is -2.36. The molecule has 0 aromatic carbocycles. The van der Waals surface area contributed by atoms with Crippen LogP contribution in [0, 0.1) is 13.8 Å². The first-order valence-corrected chi connectivity index (χ1v) is 9.34. The van der Waals surface area contributed by atoms with Crippen molar-refractivity contribution < 1.29 is 4.42 Å². The minimum absolute atomic E-state index is 0.0571. The van der Waals surface area contributed by atoms with Crippen LogP contribution in [0.15, 0.2) is 40.0 Å². The number of oxazole rings is 1. The lowest BCUT2D eigenvalue weighted by molar-refractivity contribution is 0.264. The Kier molecular flexibility index (Phi) is 4.89. The average molecular weight is 368 g/mol. The molecule has 27 heavy (non-hydrogen) atoms. The molecule has 0 atom stereocenters. The molecule has 1 N–H and O–H groups in total. The smallest absolute Gasteiger partial charge is 0.267 e. The molecule has 1 fully saturated rings. The van der Waals surface area contributed by atoms with E-state index >= 15 is 0 Å². The lowest BCUT2D eigenvalue weighted by Gasteiger charge is -2.29. The summed E-state index contributed by atoms with van der Waals surface area (Å²) in [6.45, 7) is 4.62. The van der Waals surface area contributed by atoms with E-state index in [4.69, 9.17) is 4.42 Å². The standard InChI is InChI=1S/C19H24N6O2/c1-13-9-14(2)24(22-13)18-7-8-19(26)25(23-18)16-5-3-15(4-6-16)21-11-17-10-20-12-27-17/h7-10,12,15-16,21H,3-6,11H2,1-2H3.